The second-order valence-corrected chi connectivity index (χ2v) is 7.34. The predicted octanol–water partition coefficient (Wildman–Crippen LogP) is 2.36. The highest BCUT2D eigenvalue weighted by Gasteiger charge is 2.29. The number of nitrogens with one attached hydrogen (secondary N) is 2. The van der Waals surface area contributed by atoms with Crippen molar-refractivity contribution >= 4 is 17.6 Å². The van der Waals surface area contributed by atoms with E-state index in [0.717, 1.165) is 11.1 Å². The maximum absolute atomic E-state index is 12.9. The van der Waals surface area contributed by atoms with Crippen molar-refractivity contribution in [3.8, 4) is 28.4 Å². The molecule has 0 bridgehead atoms. The van der Waals surface area contributed by atoms with Gasteiger partial charge in [-0.05, 0) is 47.7 Å². The summed E-state index contributed by atoms with van der Waals surface area (Å²) < 4.78 is 16.7. The molecule has 3 rings (SSSR count). The quantitative estimate of drug-likeness (QED) is 0.597. The molecule has 9 nitrogen and oxygen atoms in total. The van der Waals surface area contributed by atoms with Crippen LogP contribution < -0.4 is 30.3 Å². The van der Waals surface area contributed by atoms with Crippen LogP contribution in [0, 0.1) is 0 Å². The van der Waals surface area contributed by atoms with Gasteiger partial charge in [0, 0.05) is 12.5 Å². The summed E-state index contributed by atoms with van der Waals surface area (Å²) in [6, 6.07) is 6.15. The van der Waals surface area contributed by atoms with Crippen molar-refractivity contribution in [1.29, 1.82) is 0 Å². The van der Waals surface area contributed by atoms with E-state index in [9.17, 15) is 14.4 Å². The monoisotopic (exact) mass is 442 g/mol. The third kappa shape index (κ3) is 4.46. The smallest absolute Gasteiger partial charge is 0.322 e. The summed E-state index contributed by atoms with van der Waals surface area (Å²) in [4.78, 5) is 35.8. The molecule has 3 N–H and O–H groups in total. The Morgan fingerprint density at radius 2 is 1.81 bits per heavy atom. The molecule has 0 aliphatic heterocycles. The minimum atomic E-state index is -1.09. The van der Waals surface area contributed by atoms with Crippen molar-refractivity contribution in [2.75, 3.05) is 33.2 Å². The largest absolute Gasteiger partial charge is 0.493 e. The molecule has 0 saturated heterocycles. The van der Waals surface area contributed by atoms with Crippen molar-refractivity contribution < 1.29 is 28.9 Å². The summed E-state index contributed by atoms with van der Waals surface area (Å²) in [5, 5.41) is 14.5. The highest BCUT2D eigenvalue weighted by molar-refractivity contribution is 5.84. The van der Waals surface area contributed by atoms with Crippen molar-refractivity contribution in [1.82, 2.24) is 5.32 Å². The number of aryl methyl sites for hydroxylation is 1. The van der Waals surface area contributed by atoms with E-state index in [1.807, 2.05) is 6.07 Å². The zero-order valence-electron chi connectivity index (χ0n) is 18.4. The summed E-state index contributed by atoms with van der Waals surface area (Å²) in [6.45, 7) is 1.02. The Labute approximate surface area is 185 Å². The summed E-state index contributed by atoms with van der Waals surface area (Å²) in [7, 11) is 4.58. The molecule has 2 aromatic rings. The molecule has 0 radical (unpaired) electrons. The molecule has 1 atom stereocenters. The van der Waals surface area contributed by atoms with Gasteiger partial charge >= 0.3 is 5.97 Å². The first-order chi connectivity index (χ1) is 15.3. The van der Waals surface area contributed by atoms with Gasteiger partial charge in [0.25, 0.3) is 0 Å². The van der Waals surface area contributed by atoms with E-state index in [2.05, 4.69) is 10.6 Å². The standard InChI is InChI=1S/C23H26N2O7/c1-12(26)25-16-7-5-13-9-19(30-2)22(31-3)23(32-4)21(13)14-6-8-17(24-11-20(28)29)18(27)10-15(14)16/h6,8-10,16H,5,7,11H2,1-4H3,(H,24,27)(H,25,26)(H,28,29)/t16-/m0/s1. The van der Waals surface area contributed by atoms with Gasteiger partial charge in [0.1, 0.15) is 6.54 Å². The van der Waals surface area contributed by atoms with Crippen LogP contribution in [0.5, 0.6) is 17.2 Å². The molecule has 0 spiro atoms. The van der Waals surface area contributed by atoms with Crippen LogP contribution in [-0.4, -0.2) is 44.9 Å². The molecule has 1 aliphatic rings. The van der Waals surface area contributed by atoms with Gasteiger partial charge in [-0.3, -0.25) is 14.4 Å². The van der Waals surface area contributed by atoms with E-state index < -0.39 is 18.6 Å². The molecular formula is C23H26N2O7. The number of ether oxygens (including phenoxy) is 3. The first-order valence-corrected chi connectivity index (χ1v) is 10.0. The third-order valence-corrected chi connectivity index (χ3v) is 5.35. The maximum atomic E-state index is 12.9. The van der Waals surface area contributed by atoms with Crippen LogP contribution in [0.2, 0.25) is 0 Å². The molecule has 0 heterocycles. The number of hydrogen-bond donors (Lipinski definition) is 3. The van der Waals surface area contributed by atoms with Crippen LogP contribution in [-0.2, 0) is 16.0 Å². The second-order valence-electron chi connectivity index (χ2n) is 7.34. The van der Waals surface area contributed by atoms with Gasteiger partial charge in [0.05, 0.1) is 33.1 Å². The van der Waals surface area contributed by atoms with Crippen LogP contribution >= 0.6 is 0 Å². The fourth-order valence-electron chi connectivity index (χ4n) is 4.02. The van der Waals surface area contributed by atoms with E-state index in [-0.39, 0.29) is 17.0 Å². The first-order valence-electron chi connectivity index (χ1n) is 10.0. The Morgan fingerprint density at radius 3 is 2.41 bits per heavy atom. The van der Waals surface area contributed by atoms with Crippen molar-refractivity contribution in [2.24, 2.45) is 0 Å². The Balaban J connectivity index is 2.34. The lowest BCUT2D eigenvalue weighted by atomic mass is 9.95. The predicted molar refractivity (Wildman–Crippen MR) is 119 cm³/mol. The van der Waals surface area contributed by atoms with Crippen molar-refractivity contribution in [2.45, 2.75) is 25.8 Å². The Morgan fingerprint density at radius 1 is 1.09 bits per heavy atom. The van der Waals surface area contributed by atoms with Crippen LogP contribution in [0.1, 0.15) is 30.5 Å². The Kier molecular flexibility index (Phi) is 6.87. The van der Waals surface area contributed by atoms with Gasteiger partial charge in [0.2, 0.25) is 17.1 Å². The van der Waals surface area contributed by atoms with E-state index >= 15 is 0 Å². The number of carboxylic acids is 1. The Bertz CT molecular complexity index is 1110. The minimum absolute atomic E-state index is 0.142. The molecule has 1 amide bonds. The summed E-state index contributed by atoms with van der Waals surface area (Å²) in [6.07, 6.45) is 1.13. The van der Waals surface area contributed by atoms with E-state index in [1.54, 1.807) is 19.2 Å². The summed E-state index contributed by atoms with van der Waals surface area (Å²) >= 11 is 0. The molecule has 170 valence electrons. The molecule has 9 heteroatoms. The lowest BCUT2D eigenvalue weighted by Crippen LogP contribution is -2.26. The summed E-state index contributed by atoms with van der Waals surface area (Å²) in [5.41, 5.74) is 2.68. The molecule has 0 unspecified atom stereocenters. The number of rotatable bonds is 7. The first kappa shape index (κ1) is 22.9. The lowest BCUT2D eigenvalue weighted by molar-refractivity contribution is -0.135. The molecule has 0 fully saturated rings. The average molecular weight is 442 g/mol. The van der Waals surface area contributed by atoms with Crippen LogP contribution in [0.15, 0.2) is 29.1 Å². The van der Waals surface area contributed by atoms with E-state index in [4.69, 9.17) is 19.3 Å². The SMILES string of the molecule is COc1cc2c(c(OC)c1OC)-c1ccc(NCC(=O)O)c(=O)cc1[C@@H](NC(C)=O)CC2. The van der Waals surface area contributed by atoms with E-state index in [0.29, 0.717) is 41.2 Å². The van der Waals surface area contributed by atoms with Gasteiger partial charge in [-0.2, -0.15) is 0 Å². The average Bonchev–Trinajstić information content (AvgIpc) is 2.99. The molecule has 1 aliphatic carbocycles. The highest BCUT2D eigenvalue weighted by atomic mass is 16.5. The minimum Gasteiger partial charge on any atom is -0.493 e. The molecule has 2 aromatic carbocycles. The zero-order valence-corrected chi connectivity index (χ0v) is 18.4. The van der Waals surface area contributed by atoms with E-state index in [1.165, 1.54) is 27.2 Å². The molecule has 32 heavy (non-hydrogen) atoms. The second kappa shape index (κ2) is 9.59. The normalized spacial score (nSPS) is 14.3. The topological polar surface area (TPSA) is 123 Å². The number of methoxy groups -OCH3 is 3. The van der Waals surface area contributed by atoms with Crippen LogP contribution in [0.25, 0.3) is 11.1 Å². The fourth-order valence-corrected chi connectivity index (χ4v) is 4.02. The number of aliphatic carboxylic acids is 1. The third-order valence-electron chi connectivity index (χ3n) is 5.35. The number of hydrogen-bond acceptors (Lipinski definition) is 7. The number of carboxylic acid groups (broad SMARTS) is 1. The Hall–Kier alpha value is -3.75. The van der Waals surface area contributed by atoms with Gasteiger partial charge in [-0.25, -0.2) is 0 Å². The maximum Gasteiger partial charge on any atom is 0.322 e. The molecular weight excluding hydrogens is 416 g/mol. The molecule has 0 aromatic heterocycles. The number of amides is 1. The summed E-state index contributed by atoms with van der Waals surface area (Å²) in [5.74, 6) is 0.0620. The van der Waals surface area contributed by atoms with Gasteiger partial charge in [-0.15, -0.1) is 0 Å². The molecule has 0 saturated carbocycles. The fraction of sp³-hybridized carbons (Fsp3) is 0.348. The number of carbonyl (C=O) groups is 2. The van der Waals surface area contributed by atoms with Gasteiger partial charge < -0.3 is 30.0 Å². The zero-order chi connectivity index (χ0) is 23.4. The lowest BCUT2D eigenvalue weighted by Gasteiger charge is -2.19. The van der Waals surface area contributed by atoms with Gasteiger partial charge in [0.15, 0.2) is 11.5 Å². The number of benzene rings is 1. The van der Waals surface area contributed by atoms with Gasteiger partial charge in [-0.1, -0.05) is 6.07 Å². The number of carbonyl (C=O) groups excluding carboxylic acids is 1. The van der Waals surface area contributed by atoms with Crippen LogP contribution in [0.3, 0.4) is 0 Å². The van der Waals surface area contributed by atoms with Crippen molar-refractivity contribution in [3.05, 3.63) is 45.6 Å². The van der Waals surface area contributed by atoms with Crippen molar-refractivity contribution in [3.63, 3.8) is 0 Å². The highest BCUT2D eigenvalue weighted by Crippen LogP contribution is 2.50. The number of fused-ring (bicyclic) bond motifs is 3. The van der Waals surface area contributed by atoms with Crippen LogP contribution in [0.4, 0.5) is 5.69 Å². The number of anilines is 1.